The molecule has 0 saturated carbocycles. The van der Waals surface area contributed by atoms with Crippen LogP contribution in [0.1, 0.15) is 5.56 Å². The average Bonchev–Trinajstić information content (AvgIpc) is 3.02. The molecule has 0 aliphatic rings. The van der Waals surface area contributed by atoms with E-state index in [-0.39, 0.29) is 5.75 Å². The number of imidazole rings is 1. The van der Waals surface area contributed by atoms with Gasteiger partial charge in [-0.25, -0.2) is 4.98 Å². The number of halogens is 1. The Labute approximate surface area is 157 Å². The van der Waals surface area contributed by atoms with Crippen LogP contribution in [0.15, 0.2) is 42.6 Å². The van der Waals surface area contributed by atoms with Gasteiger partial charge in [-0.2, -0.15) is 0 Å². The number of benzene rings is 2. The molecule has 0 amide bonds. The Hall–Kier alpha value is -2.86. The number of ether oxygens (including phenoxy) is 2. The van der Waals surface area contributed by atoms with E-state index < -0.39 is 0 Å². The topological polar surface area (TPSA) is 68.5 Å². The number of nitrogens with one attached hydrogen (secondary N) is 1. The van der Waals surface area contributed by atoms with Crippen molar-refractivity contribution >= 4 is 17.5 Å². The summed E-state index contributed by atoms with van der Waals surface area (Å²) in [7, 11) is 4.95. The fraction of sp³-hybridized carbons (Fsp3) is 0.211. The third-order valence-corrected chi connectivity index (χ3v) is 4.37. The first-order valence-electron chi connectivity index (χ1n) is 7.99. The molecule has 0 atom stereocenters. The van der Waals surface area contributed by atoms with Crippen LogP contribution < -0.4 is 14.8 Å². The zero-order chi connectivity index (χ0) is 18.7. The van der Waals surface area contributed by atoms with Crippen molar-refractivity contribution < 1.29 is 14.6 Å². The summed E-state index contributed by atoms with van der Waals surface area (Å²) < 4.78 is 12.3. The number of aromatic nitrogens is 2. The first kappa shape index (κ1) is 17.9. The molecular weight excluding hydrogens is 354 g/mol. The molecule has 0 unspecified atom stereocenters. The van der Waals surface area contributed by atoms with Crippen molar-refractivity contribution in [3.05, 3.63) is 53.2 Å². The SMILES string of the molecule is COc1cc(CNc2ncc(-c3ccc(Cl)cc3)n2C)cc(OC)c1O. The monoisotopic (exact) mass is 373 g/mol. The Kier molecular flexibility index (Phi) is 5.23. The van der Waals surface area contributed by atoms with Crippen LogP contribution >= 0.6 is 11.6 Å². The van der Waals surface area contributed by atoms with Gasteiger partial charge in [-0.15, -0.1) is 0 Å². The maximum absolute atomic E-state index is 10.00. The number of aromatic hydroxyl groups is 1. The summed E-state index contributed by atoms with van der Waals surface area (Å²) in [4.78, 5) is 4.44. The number of methoxy groups -OCH3 is 2. The van der Waals surface area contributed by atoms with Gasteiger partial charge < -0.3 is 24.5 Å². The largest absolute Gasteiger partial charge is 0.502 e. The third-order valence-electron chi connectivity index (χ3n) is 4.12. The quantitative estimate of drug-likeness (QED) is 0.681. The minimum Gasteiger partial charge on any atom is -0.502 e. The molecule has 0 radical (unpaired) electrons. The highest BCUT2D eigenvalue weighted by Crippen LogP contribution is 2.37. The van der Waals surface area contributed by atoms with E-state index in [1.165, 1.54) is 14.2 Å². The fourth-order valence-corrected chi connectivity index (χ4v) is 2.82. The lowest BCUT2D eigenvalue weighted by Crippen LogP contribution is -2.06. The van der Waals surface area contributed by atoms with Crippen molar-refractivity contribution in [2.24, 2.45) is 7.05 Å². The van der Waals surface area contributed by atoms with Gasteiger partial charge in [0.05, 0.1) is 26.1 Å². The molecule has 2 aromatic carbocycles. The molecule has 3 rings (SSSR count). The Morgan fingerprint density at radius 2 is 1.73 bits per heavy atom. The van der Waals surface area contributed by atoms with Crippen LogP contribution in [-0.2, 0) is 13.6 Å². The van der Waals surface area contributed by atoms with Crippen molar-refractivity contribution in [2.75, 3.05) is 19.5 Å². The second-order valence-corrected chi connectivity index (χ2v) is 6.17. The standard InChI is InChI=1S/C19H20ClN3O3/c1-23-15(13-4-6-14(20)7-5-13)11-22-19(23)21-10-12-8-16(25-2)18(24)17(9-12)26-3/h4-9,11,24H,10H2,1-3H3,(H,21,22). The maximum atomic E-state index is 10.00. The van der Waals surface area contributed by atoms with Crippen LogP contribution in [0.5, 0.6) is 17.2 Å². The summed E-state index contributed by atoms with van der Waals surface area (Å²) in [5, 5.41) is 14.0. The lowest BCUT2D eigenvalue weighted by atomic mass is 10.2. The molecule has 0 bridgehead atoms. The second-order valence-electron chi connectivity index (χ2n) is 5.74. The van der Waals surface area contributed by atoms with Gasteiger partial charge in [0.2, 0.25) is 11.7 Å². The molecule has 0 aliphatic heterocycles. The minimum atomic E-state index is -0.0132. The van der Waals surface area contributed by atoms with E-state index in [2.05, 4.69) is 10.3 Å². The molecule has 7 heteroatoms. The zero-order valence-corrected chi connectivity index (χ0v) is 15.5. The average molecular weight is 374 g/mol. The van der Waals surface area contributed by atoms with E-state index in [4.69, 9.17) is 21.1 Å². The molecule has 26 heavy (non-hydrogen) atoms. The molecule has 0 aliphatic carbocycles. The normalized spacial score (nSPS) is 10.6. The van der Waals surface area contributed by atoms with E-state index in [0.717, 1.165) is 22.8 Å². The van der Waals surface area contributed by atoms with Crippen LogP contribution in [0.3, 0.4) is 0 Å². The van der Waals surface area contributed by atoms with Gasteiger partial charge in [-0.05, 0) is 35.4 Å². The van der Waals surface area contributed by atoms with Gasteiger partial charge in [0.1, 0.15) is 0 Å². The van der Waals surface area contributed by atoms with Crippen LogP contribution in [0, 0.1) is 0 Å². The number of anilines is 1. The van der Waals surface area contributed by atoms with Crippen molar-refractivity contribution in [1.29, 1.82) is 0 Å². The van der Waals surface area contributed by atoms with Gasteiger partial charge in [-0.3, -0.25) is 0 Å². The highest BCUT2D eigenvalue weighted by Gasteiger charge is 2.12. The van der Waals surface area contributed by atoms with Gasteiger partial charge in [0.25, 0.3) is 0 Å². The first-order valence-corrected chi connectivity index (χ1v) is 8.36. The van der Waals surface area contributed by atoms with Crippen LogP contribution in [0.2, 0.25) is 5.02 Å². The summed E-state index contributed by atoms with van der Waals surface area (Å²) in [6.45, 7) is 0.498. The molecule has 3 aromatic rings. The van der Waals surface area contributed by atoms with E-state index in [1.807, 2.05) is 42.1 Å². The molecular formula is C19H20ClN3O3. The van der Waals surface area contributed by atoms with Crippen LogP contribution in [-0.4, -0.2) is 28.9 Å². The number of phenols is 1. The van der Waals surface area contributed by atoms with Crippen molar-refractivity contribution in [3.63, 3.8) is 0 Å². The van der Waals surface area contributed by atoms with Crippen molar-refractivity contribution in [3.8, 4) is 28.5 Å². The number of hydrogen-bond donors (Lipinski definition) is 2. The highest BCUT2D eigenvalue weighted by molar-refractivity contribution is 6.30. The predicted octanol–water partition coefficient (Wildman–Crippen LogP) is 4.08. The summed E-state index contributed by atoms with van der Waals surface area (Å²) in [5.74, 6) is 1.44. The molecule has 1 aromatic heterocycles. The second kappa shape index (κ2) is 7.58. The zero-order valence-electron chi connectivity index (χ0n) is 14.8. The van der Waals surface area contributed by atoms with Gasteiger partial charge in [0.15, 0.2) is 11.5 Å². The lowest BCUT2D eigenvalue weighted by molar-refractivity contribution is 0.339. The van der Waals surface area contributed by atoms with E-state index >= 15 is 0 Å². The molecule has 0 spiro atoms. The highest BCUT2D eigenvalue weighted by atomic mass is 35.5. The molecule has 1 heterocycles. The Morgan fingerprint density at radius 1 is 1.12 bits per heavy atom. The Morgan fingerprint density at radius 3 is 2.31 bits per heavy atom. The smallest absolute Gasteiger partial charge is 0.203 e. The predicted molar refractivity (Wildman–Crippen MR) is 102 cm³/mol. The molecule has 136 valence electrons. The first-order chi connectivity index (χ1) is 12.5. The van der Waals surface area contributed by atoms with Crippen LogP contribution in [0.25, 0.3) is 11.3 Å². The summed E-state index contributed by atoms with van der Waals surface area (Å²) >= 11 is 5.95. The number of nitrogens with zero attached hydrogens (tertiary/aromatic N) is 2. The summed E-state index contributed by atoms with van der Waals surface area (Å²) in [6.07, 6.45) is 1.81. The van der Waals surface area contributed by atoms with Crippen LogP contribution in [0.4, 0.5) is 5.95 Å². The van der Waals surface area contributed by atoms with E-state index in [0.29, 0.717) is 23.1 Å². The molecule has 0 saturated heterocycles. The van der Waals surface area contributed by atoms with E-state index in [9.17, 15) is 5.11 Å². The Bertz CT molecular complexity index is 882. The van der Waals surface area contributed by atoms with Crippen molar-refractivity contribution in [2.45, 2.75) is 6.54 Å². The lowest BCUT2D eigenvalue weighted by Gasteiger charge is -2.12. The van der Waals surface area contributed by atoms with E-state index in [1.54, 1.807) is 12.1 Å². The molecule has 2 N–H and O–H groups in total. The molecule has 0 fully saturated rings. The number of hydrogen-bond acceptors (Lipinski definition) is 5. The Balaban J connectivity index is 1.80. The summed E-state index contributed by atoms with van der Waals surface area (Å²) in [6, 6.07) is 11.1. The number of rotatable bonds is 6. The van der Waals surface area contributed by atoms with Gasteiger partial charge in [0, 0.05) is 18.6 Å². The summed E-state index contributed by atoms with van der Waals surface area (Å²) in [5.41, 5.74) is 2.91. The van der Waals surface area contributed by atoms with Gasteiger partial charge in [-0.1, -0.05) is 23.7 Å². The minimum absolute atomic E-state index is 0.0132. The third kappa shape index (κ3) is 3.55. The van der Waals surface area contributed by atoms with Crippen molar-refractivity contribution in [1.82, 2.24) is 9.55 Å². The van der Waals surface area contributed by atoms with Gasteiger partial charge >= 0.3 is 0 Å². The molecule has 6 nitrogen and oxygen atoms in total. The number of phenolic OH excluding ortho intramolecular Hbond substituents is 1. The fourth-order valence-electron chi connectivity index (χ4n) is 2.69. The maximum Gasteiger partial charge on any atom is 0.203 e.